The van der Waals surface area contributed by atoms with Crippen molar-refractivity contribution in [2.75, 3.05) is 26.2 Å². The van der Waals surface area contributed by atoms with E-state index in [0.29, 0.717) is 6.61 Å². The van der Waals surface area contributed by atoms with E-state index >= 15 is 0 Å². The Kier molecular flexibility index (Phi) is 5.81. The Balaban J connectivity index is 1.78. The van der Waals surface area contributed by atoms with Gasteiger partial charge in [-0.3, -0.25) is 4.90 Å². The summed E-state index contributed by atoms with van der Waals surface area (Å²) in [7, 11) is 0. The SMILES string of the molecule is CCC1CCN(CCOc2cccc(/C=C/C(=O)O)c2)C1. The lowest BCUT2D eigenvalue weighted by Gasteiger charge is -2.16. The smallest absolute Gasteiger partial charge is 0.328 e. The van der Waals surface area contributed by atoms with Crippen LogP contribution >= 0.6 is 0 Å². The van der Waals surface area contributed by atoms with Crippen LogP contribution in [-0.2, 0) is 4.79 Å². The largest absolute Gasteiger partial charge is 0.492 e. The van der Waals surface area contributed by atoms with E-state index in [4.69, 9.17) is 9.84 Å². The standard InChI is InChI=1S/C17H23NO3/c1-2-14-8-9-18(13-14)10-11-21-16-5-3-4-15(12-16)6-7-17(19)20/h3-7,12,14H,2,8-11,13H2,1H3,(H,19,20)/b7-6+. The van der Waals surface area contributed by atoms with Gasteiger partial charge >= 0.3 is 5.97 Å². The molecule has 1 saturated heterocycles. The van der Waals surface area contributed by atoms with Gasteiger partial charge in [0.25, 0.3) is 0 Å². The first-order valence-electron chi connectivity index (χ1n) is 7.53. The third kappa shape index (κ3) is 5.23. The zero-order chi connectivity index (χ0) is 15.1. The van der Waals surface area contributed by atoms with Crippen LogP contribution in [0.5, 0.6) is 5.75 Å². The van der Waals surface area contributed by atoms with Gasteiger partial charge in [-0.1, -0.05) is 25.5 Å². The normalized spacial score (nSPS) is 19.2. The molecule has 4 nitrogen and oxygen atoms in total. The molecule has 1 atom stereocenters. The van der Waals surface area contributed by atoms with Crippen molar-refractivity contribution >= 4 is 12.0 Å². The van der Waals surface area contributed by atoms with E-state index in [1.54, 1.807) is 6.08 Å². The zero-order valence-electron chi connectivity index (χ0n) is 12.5. The predicted molar refractivity (Wildman–Crippen MR) is 83.4 cm³/mol. The lowest BCUT2D eigenvalue weighted by atomic mass is 10.1. The summed E-state index contributed by atoms with van der Waals surface area (Å²) in [6, 6.07) is 7.49. The Labute approximate surface area is 126 Å². The lowest BCUT2D eigenvalue weighted by Crippen LogP contribution is -2.26. The third-order valence-electron chi connectivity index (χ3n) is 3.90. The lowest BCUT2D eigenvalue weighted by molar-refractivity contribution is -0.131. The molecular formula is C17H23NO3. The fourth-order valence-corrected chi connectivity index (χ4v) is 2.62. The molecule has 1 aromatic rings. The summed E-state index contributed by atoms with van der Waals surface area (Å²) in [4.78, 5) is 13.0. The number of aliphatic carboxylic acids is 1. The molecule has 114 valence electrons. The average Bonchev–Trinajstić information content (AvgIpc) is 2.94. The van der Waals surface area contributed by atoms with Gasteiger partial charge in [0.15, 0.2) is 0 Å². The Bertz CT molecular complexity index is 499. The van der Waals surface area contributed by atoms with E-state index in [1.165, 1.54) is 25.9 Å². The van der Waals surface area contributed by atoms with Gasteiger partial charge in [-0.05, 0) is 42.7 Å². The van der Waals surface area contributed by atoms with Gasteiger partial charge in [0.2, 0.25) is 0 Å². The Morgan fingerprint density at radius 2 is 2.38 bits per heavy atom. The molecule has 1 N–H and O–H groups in total. The summed E-state index contributed by atoms with van der Waals surface area (Å²) >= 11 is 0. The van der Waals surface area contributed by atoms with Gasteiger partial charge < -0.3 is 9.84 Å². The number of ether oxygens (including phenoxy) is 1. The number of rotatable bonds is 7. The molecule has 1 aromatic carbocycles. The summed E-state index contributed by atoms with van der Waals surface area (Å²) in [5.74, 6) is 0.684. The van der Waals surface area contributed by atoms with Crippen molar-refractivity contribution in [3.63, 3.8) is 0 Å². The van der Waals surface area contributed by atoms with Crippen molar-refractivity contribution in [1.29, 1.82) is 0 Å². The number of hydrogen-bond donors (Lipinski definition) is 1. The maximum atomic E-state index is 10.5. The van der Waals surface area contributed by atoms with Gasteiger partial charge in [-0.25, -0.2) is 4.79 Å². The van der Waals surface area contributed by atoms with Crippen molar-refractivity contribution in [3.05, 3.63) is 35.9 Å². The Morgan fingerprint density at radius 3 is 3.10 bits per heavy atom. The van der Waals surface area contributed by atoms with Gasteiger partial charge in [0.1, 0.15) is 12.4 Å². The summed E-state index contributed by atoms with van der Waals surface area (Å²) < 4.78 is 5.76. The van der Waals surface area contributed by atoms with E-state index in [0.717, 1.165) is 29.9 Å². The van der Waals surface area contributed by atoms with Crippen LogP contribution < -0.4 is 4.74 Å². The highest BCUT2D eigenvalue weighted by atomic mass is 16.5. The molecule has 1 unspecified atom stereocenters. The third-order valence-corrected chi connectivity index (χ3v) is 3.90. The molecule has 0 spiro atoms. The molecule has 1 aliphatic rings. The number of nitrogens with zero attached hydrogens (tertiary/aromatic N) is 1. The molecule has 2 rings (SSSR count). The first-order chi connectivity index (χ1) is 10.2. The molecule has 1 aliphatic heterocycles. The van der Waals surface area contributed by atoms with Crippen LogP contribution in [0.25, 0.3) is 6.08 Å². The van der Waals surface area contributed by atoms with E-state index < -0.39 is 5.97 Å². The summed E-state index contributed by atoms with van der Waals surface area (Å²) in [6.07, 6.45) is 5.26. The molecule has 0 radical (unpaired) electrons. The van der Waals surface area contributed by atoms with Crippen molar-refractivity contribution in [2.45, 2.75) is 19.8 Å². The van der Waals surface area contributed by atoms with E-state index in [1.807, 2.05) is 24.3 Å². The molecular weight excluding hydrogens is 266 g/mol. The molecule has 4 heteroatoms. The Hall–Kier alpha value is -1.81. The molecule has 0 aromatic heterocycles. The maximum Gasteiger partial charge on any atom is 0.328 e. The monoisotopic (exact) mass is 289 g/mol. The molecule has 1 heterocycles. The van der Waals surface area contributed by atoms with Crippen molar-refractivity contribution in [1.82, 2.24) is 4.90 Å². The van der Waals surface area contributed by atoms with Crippen molar-refractivity contribution in [2.24, 2.45) is 5.92 Å². The van der Waals surface area contributed by atoms with Crippen LogP contribution in [0, 0.1) is 5.92 Å². The number of benzene rings is 1. The zero-order valence-corrected chi connectivity index (χ0v) is 12.5. The molecule has 0 bridgehead atoms. The summed E-state index contributed by atoms with van der Waals surface area (Å²) in [6.45, 7) is 6.22. The van der Waals surface area contributed by atoms with Crippen LogP contribution in [-0.4, -0.2) is 42.2 Å². The summed E-state index contributed by atoms with van der Waals surface area (Å²) in [5.41, 5.74) is 0.835. The highest BCUT2D eigenvalue weighted by Gasteiger charge is 2.20. The predicted octanol–water partition coefficient (Wildman–Crippen LogP) is 2.90. The minimum absolute atomic E-state index is 0.669. The highest BCUT2D eigenvalue weighted by Crippen LogP contribution is 2.19. The first kappa shape index (κ1) is 15.6. The maximum absolute atomic E-state index is 10.5. The van der Waals surface area contributed by atoms with Crippen LogP contribution in [0.2, 0.25) is 0 Å². The fraction of sp³-hybridized carbons (Fsp3) is 0.471. The molecule has 0 saturated carbocycles. The average molecular weight is 289 g/mol. The molecule has 0 aliphatic carbocycles. The number of carboxylic acids is 1. The highest BCUT2D eigenvalue weighted by molar-refractivity contribution is 5.85. The molecule has 0 amide bonds. The van der Waals surface area contributed by atoms with Gasteiger partial charge in [-0.15, -0.1) is 0 Å². The number of hydrogen-bond acceptors (Lipinski definition) is 3. The van der Waals surface area contributed by atoms with E-state index in [2.05, 4.69) is 11.8 Å². The molecule has 21 heavy (non-hydrogen) atoms. The first-order valence-corrected chi connectivity index (χ1v) is 7.53. The second-order valence-corrected chi connectivity index (χ2v) is 5.46. The van der Waals surface area contributed by atoms with Gasteiger partial charge in [0.05, 0.1) is 0 Å². The van der Waals surface area contributed by atoms with Crippen molar-refractivity contribution < 1.29 is 14.6 Å². The second kappa shape index (κ2) is 7.84. The van der Waals surface area contributed by atoms with Crippen LogP contribution in [0.4, 0.5) is 0 Å². The quantitative estimate of drug-likeness (QED) is 0.784. The number of carboxylic acid groups (broad SMARTS) is 1. The number of carbonyl (C=O) groups is 1. The minimum Gasteiger partial charge on any atom is -0.492 e. The number of likely N-dealkylation sites (tertiary alicyclic amines) is 1. The van der Waals surface area contributed by atoms with E-state index in [-0.39, 0.29) is 0 Å². The fourth-order valence-electron chi connectivity index (χ4n) is 2.62. The summed E-state index contributed by atoms with van der Waals surface area (Å²) in [5, 5.41) is 8.62. The van der Waals surface area contributed by atoms with E-state index in [9.17, 15) is 4.79 Å². The van der Waals surface area contributed by atoms with Crippen LogP contribution in [0.3, 0.4) is 0 Å². The van der Waals surface area contributed by atoms with Gasteiger partial charge in [0, 0.05) is 19.2 Å². The van der Waals surface area contributed by atoms with Crippen LogP contribution in [0.1, 0.15) is 25.3 Å². The van der Waals surface area contributed by atoms with Gasteiger partial charge in [-0.2, -0.15) is 0 Å². The molecule has 1 fully saturated rings. The Morgan fingerprint density at radius 1 is 1.52 bits per heavy atom. The van der Waals surface area contributed by atoms with Crippen LogP contribution in [0.15, 0.2) is 30.3 Å². The second-order valence-electron chi connectivity index (χ2n) is 5.46. The minimum atomic E-state index is -0.944. The topological polar surface area (TPSA) is 49.8 Å². The van der Waals surface area contributed by atoms with Crippen molar-refractivity contribution in [3.8, 4) is 5.75 Å².